The molecule has 0 bridgehead atoms. The van der Waals surface area contributed by atoms with E-state index in [-0.39, 0.29) is 5.91 Å². The number of carbonyl (C=O) groups excluding carboxylic acids is 1. The Morgan fingerprint density at radius 3 is 2.56 bits per heavy atom. The maximum atomic E-state index is 11.4. The normalized spacial score (nSPS) is 17.5. The Hall–Kier alpha value is -0.570. The molecule has 1 fully saturated rings. The van der Waals surface area contributed by atoms with Crippen molar-refractivity contribution in [2.75, 3.05) is 19.6 Å². The lowest BCUT2D eigenvalue weighted by atomic mass is 10.0. The molecule has 0 aromatic heterocycles. The van der Waals surface area contributed by atoms with Crippen LogP contribution in [0.2, 0.25) is 0 Å². The van der Waals surface area contributed by atoms with Gasteiger partial charge in [0.2, 0.25) is 5.91 Å². The van der Waals surface area contributed by atoms with E-state index < -0.39 is 0 Å². The lowest BCUT2D eigenvalue weighted by Crippen LogP contribution is -2.37. The second kappa shape index (κ2) is 6.24. The molecular formula is C13H26N2O. The quantitative estimate of drug-likeness (QED) is 0.664. The van der Waals surface area contributed by atoms with E-state index in [9.17, 15) is 4.79 Å². The highest BCUT2D eigenvalue weighted by molar-refractivity contribution is 5.77. The molecule has 0 radical (unpaired) electrons. The van der Waals surface area contributed by atoms with Crippen molar-refractivity contribution in [1.82, 2.24) is 10.6 Å². The second-order valence-electron chi connectivity index (χ2n) is 5.55. The van der Waals surface area contributed by atoms with Crippen LogP contribution >= 0.6 is 0 Å². The van der Waals surface area contributed by atoms with E-state index in [1.54, 1.807) is 0 Å². The Kier molecular flexibility index (Phi) is 5.26. The SMILES string of the molecule is CCCC1(CNCC(=O)NCC(C)C)CC1. The Balaban J connectivity index is 2.04. The van der Waals surface area contributed by atoms with Gasteiger partial charge >= 0.3 is 0 Å². The molecule has 3 heteroatoms. The second-order valence-corrected chi connectivity index (χ2v) is 5.55. The van der Waals surface area contributed by atoms with Crippen LogP contribution in [0.15, 0.2) is 0 Å². The highest BCUT2D eigenvalue weighted by Crippen LogP contribution is 2.48. The lowest BCUT2D eigenvalue weighted by molar-refractivity contribution is -0.120. The monoisotopic (exact) mass is 226 g/mol. The van der Waals surface area contributed by atoms with Gasteiger partial charge in [0.15, 0.2) is 0 Å². The maximum absolute atomic E-state index is 11.4. The molecule has 0 spiro atoms. The maximum Gasteiger partial charge on any atom is 0.233 e. The van der Waals surface area contributed by atoms with Crippen LogP contribution in [-0.4, -0.2) is 25.5 Å². The predicted molar refractivity (Wildman–Crippen MR) is 67.3 cm³/mol. The van der Waals surface area contributed by atoms with Crippen molar-refractivity contribution in [2.45, 2.75) is 46.5 Å². The fourth-order valence-electron chi connectivity index (χ4n) is 2.04. The molecule has 0 heterocycles. The predicted octanol–water partition coefficient (Wildman–Crippen LogP) is 1.93. The molecule has 1 saturated carbocycles. The molecule has 0 aromatic rings. The molecule has 1 aliphatic rings. The summed E-state index contributed by atoms with van der Waals surface area (Å²) >= 11 is 0. The average molecular weight is 226 g/mol. The van der Waals surface area contributed by atoms with Gasteiger partial charge in [-0.3, -0.25) is 4.79 Å². The molecule has 0 aromatic carbocycles. The molecule has 0 atom stereocenters. The molecule has 16 heavy (non-hydrogen) atoms. The first-order chi connectivity index (χ1) is 7.58. The van der Waals surface area contributed by atoms with Crippen LogP contribution in [0.25, 0.3) is 0 Å². The van der Waals surface area contributed by atoms with Crippen molar-refractivity contribution in [3.05, 3.63) is 0 Å². The summed E-state index contributed by atoms with van der Waals surface area (Å²) in [5.74, 6) is 0.653. The molecule has 3 nitrogen and oxygen atoms in total. The summed E-state index contributed by atoms with van der Waals surface area (Å²) in [6.07, 6.45) is 5.22. The molecule has 94 valence electrons. The van der Waals surface area contributed by atoms with Crippen LogP contribution in [0.5, 0.6) is 0 Å². The van der Waals surface area contributed by atoms with E-state index in [0.29, 0.717) is 17.9 Å². The summed E-state index contributed by atoms with van der Waals surface area (Å²) in [7, 11) is 0. The van der Waals surface area contributed by atoms with Gasteiger partial charge in [0.1, 0.15) is 0 Å². The molecule has 2 N–H and O–H groups in total. The van der Waals surface area contributed by atoms with E-state index in [4.69, 9.17) is 0 Å². The third-order valence-corrected chi connectivity index (χ3v) is 3.23. The van der Waals surface area contributed by atoms with Gasteiger partial charge in [-0.15, -0.1) is 0 Å². The Morgan fingerprint density at radius 1 is 1.38 bits per heavy atom. The lowest BCUT2D eigenvalue weighted by Gasteiger charge is -2.15. The van der Waals surface area contributed by atoms with Crippen LogP contribution in [-0.2, 0) is 4.79 Å². The zero-order chi connectivity index (χ0) is 12.0. The fourth-order valence-corrected chi connectivity index (χ4v) is 2.04. The van der Waals surface area contributed by atoms with Crippen molar-refractivity contribution < 1.29 is 4.79 Å². The van der Waals surface area contributed by atoms with Gasteiger partial charge in [0.25, 0.3) is 0 Å². The minimum atomic E-state index is 0.126. The Labute approximate surface area is 99.4 Å². The minimum Gasteiger partial charge on any atom is -0.355 e. The first-order valence-corrected chi connectivity index (χ1v) is 6.55. The van der Waals surface area contributed by atoms with Crippen LogP contribution in [0.1, 0.15) is 46.5 Å². The van der Waals surface area contributed by atoms with Crippen molar-refractivity contribution in [3.8, 4) is 0 Å². The summed E-state index contributed by atoms with van der Waals surface area (Å²) in [5.41, 5.74) is 0.535. The Bertz CT molecular complexity index is 222. The zero-order valence-corrected chi connectivity index (χ0v) is 10.9. The summed E-state index contributed by atoms with van der Waals surface area (Å²) in [6.45, 7) is 8.70. The van der Waals surface area contributed by atoms with E-state index >= 15 is 0 Å². The number of hydrogen-bond acceptors (Lipinski definition) is 2. The summed E-state index contributed by atoms with van der Waals surface area (Å²) < 4.78 is 0. The molecular weight excluding hydrogens is 200 g/mol. The number of rotatable bonds is 8. The summed E-state index contributed by atoms with van der Waals surface area (Å²) in [6, 6.07) is 0. The first-order valence-electron chi connectivity index (χ1n) is 6.55. The topological polar surface area (TPSA) is 41.1 Å². The van der Waals surface area contributed by atoms with E-state index in [1.807, 2.05) is 0 Å². The standard InChI is InChI=1S/C13H26N2O/c1-4-5-13(6-7-13)10-14-9-12(16)15-8-11(2)3/h11,14H,4-10H2,1-3H3,(H,15,16). The van der Waals surface area contributed by atoms with Crippen molar-refractivity contribution in [3.63, 3.8) is 0 Å². The molecule has 1 rings (SSSR count). The largest absolute Gasteiger partial charge is 0.355 e. The number of hydrogen-bond donors (Lipinski definition) is 2. The summed E-state index contributed by atoms with van der Waals surface area (Å²) in [5, 5.41) is 6.20. The van der Waals surface area contributed by atoms with E-state index in [0.717, 1.165) is 13.1 Å². The molecule has 0 unspecified atom stereocenters. The first kappa shape index (κ1) is 13.5. The average Bonchev–Trinajstić information content (AvgIpc) is 2.96. The number of amides is 1. The zero-order valence-electron chi connectivity index (χ0n) is 10.9. The van der Waals surface area contributed by atoms with Gasteiger partial charge in [-0.1, -0.05) is 27.2 Å². The van der Waals surface area contributed by atoms with Crippen molar-refractivity contribution >= 4 is 5.91 Å². The minimum absolute atomic E-state index is 0.126. The smallest absolute Gasteiger partial charge is 0.233 e. The molecule has 0 aliphatic heterocycles. The van der Waals surface area contributed by atoms with Crippen LogP contribution in [0.4, 0.5) is 0 Å². The van der Waals surface area contributed by atoms with E-state index in [2.05, 4.69) is 31.4 Å². The van der Waals surface area contributed by atoms with Gasteiger partial charge in [-0.25, -0.2) is 0 Å². The number of carbonyl (C=O) groups is 1. The van der Waals surface area contributed by atoms with Gasteiger partial charge in [-0.2, -0.15) is 0 Å². The van der Waals surface area contributed by atoms with Crippen molar-refractivity contribution in [1.29, 1.82) is 0 Å². The van der Waals surface area contributed by atoms with Crippen LogP contribution in [0, 0.1) is 11.3 Å². The van der Waals surface area contributed by atoms with Crippen LogP contribution in [0.3, 0.4) is 0 Å². The van der Waals surface area contributed by atoms with Crippen molar-refractivity contribution in [2.24, 2.45) is 11.3 Å². The molecule has 0 saturated heterocycles. The number of nitrogens with one attached hydrogen (secondary N) is 2. The van der Waals surface area contributed by atoms with E-state index in [1.165, 1.54) is 25.7 Å². The van der Waals surface area contributed by atoms with Gasteiger partial charge in [-0.05, 0) is 30.6 Å². The van der Waals surface area contributed by atoms with Gasteiger partial charge in [0.05, 0.1) is 6.54 Å². The summed E-state index contributed by atoms with van der Waals surface area (Å²) in [4.78, 5) is 11.4. The molecule has 1 aliphatic carbocycles. The van der Waals surface area contributed by atoms with Gasteiger partial charge in [0, 0.05) is 13.1 Å². The highest BCUT2D eigenvalue weighted by Gasteiger charge is 2.40. The van der Waals surface area contributed by atoms with Gasteiger partial charge < -0.3 is 10.6 Å². The third kappa shape index (κ3) is 4.97. The third-order valence-electron chi connectivity index (χ3n) is 3.23. The Morgan fingerprint density at radius 2 is 2.06 bits per heavy atom. The van der Waals surface area contributed by atoms with Crippen LogP contribution < -0.4 is 10.6 Å². The molecule has 1 amide bonds. The fraction of sp³-hybridized carbons (Fsp3) is 0.923. The highest BCUT2D eigenvalue weighted by atomic mass is 16.1.